The molecule has 3 aromatic carbocycles. The smallest absolute Gasteiger partial charge is 0.273 e. The lowest BCUT2D eigenvalue weighted by molar-refractivity contribution is -0.385. The van der Waals surface area contributed by atoms with Crippen LogP contribution >= 0.6 is 11.6 Å². The second-order valence-electron chi connectivity index (χ2n) is 11.2. The summed E-state index contributed by atoms with van der Waals surface area (Å²) in [7, 11) is -3.26. The van der Waals surface area contributed by atoms with Gasteiger partial charge in [-0.25, -0.2) is 8.42 Å². The summed E-state index contributed by atoms with van der Waals surface area (Å²) in [6.07, 6.45) is 3.73. The average Bonchev–Trinajstić information content (AvgIpc) is 3.51. The topological polar surface area (TPSA) is 139 Å². The SMILES string of the molecule is COc1ccc(Cl)cc1N(CC(=O)N(Cc1cccc(C)c1)C(C)C(=O)NC1CCCC1)S(=O)(=O)c1ccc(C)c([N+](=O)[O-])c1. The molecule has 1 unspecified atom stereocenters. The number of anilines is 1. The van der Waals surface area contributed by atoms with E-state index in [4.69, 9.17) is 16.3 Å². The molecular formula is C32H37ClN4O7S. The van der Waals surface area contributed by atoms with Crippen LogP contribution in [0, 0.1) is 24.0 Å². The van der Waals surface area contributed by atoms with Crippen LogP contribution in [0.2, 0.25) is 5.02 Å². The zero-order valence-electron chi connectivity index (χ0n) is 25.7. The van der Waals surface area contributed by atoms with E-state index in [-0.39, 0.29) is 40.5 Å². The fourth-order valence-corrected chi connectivity index (χ4v) is 7.03. The second kappa shape index (κ2) is 14.3. The van der Waals surface area contributed by atoms with Crippen molar-refractivity contribution in [1.29, 1.82) is 0 Å². The van der Waals surface area contributed by atoms with E-state index in [1.165, 1.54) is 49.3 Å². The minimum absolute atomic E-state index is 0.0146. The predicted octanol–water partition coefficient (Wildman–Crippen LogP) is 5.55. The van der Waals surface area contributed by atoms with Gasteiger partial charge in [-0.15, -0.1) is 0 Å². The van der Waals surface area contributed by atoms with Gasteiger partial charge in [-0.05, 0) is 63.4 Å². The Morgan fingerprint density at radius 1 is 1.09 bits per heavy atom. The number of benzene rings is 3. The summed E-state index contributed by atoms with van der Waals surface area (Å²) in [6, 6.07) is 14.4. The molecule has 1 aliphatic rings. The normalized spacial score (nSPS) is 14.1. The molecule has 11 nitrogen and oxygen atoms in total. The predicted molar refractivity (Wildman–Crippen MR) is 172 cm³/mol. The van der Waals surface area contributed by atoms with Gasteiger partial charge in [-0.3, -0.25) is 24.0 Å². The number of hydrogen-bond acceptors (Lipinski definition) is 7. The molecule has 0 aliphatic heterocycles. The van der Waals surface area contributed by atoms with Crippen molar-refractivity contribution in [2.75, 3.05) is 18.0 Å². The number of methoxy groups -OCH3 is 1. The molecular weight excluding hydrogens is 620 g/mol. The Morgan fingerprint density at radius 2 is 1.80 bits per heavy atom. The number of rotatable bonds is 12. The molecule has 4 rings (SSSR count). The summed E-state index contributed by atoms with van der Waals surface area (Å²) in [5.41, 5.74) is 1.55. The third-order valence-corrected chi connectivity index (χ3v) is 9.95. The largest absolute Gasteiger partial charge is 0.495 e. The van der Waals surface area contributed by atoms with E-state index < -0.39 is 44.0 Å². The van der Waals surface area contributed by atoms with Gasteiger partial charge in [-0.1, -0.05) is 60.3 Å². The van der Waals surface area contributed by atoms with Crippen LogP contribution in [0.15, 0.2) is 65.6 Å². The van der Waals surface area contributed by atoms with Gasteiger partial charge in [0.15, 0.2) is 0 Å². The summed E-state index contributed by atoms with van der Waals surface area (Å²) < 4.78 is 34.8. The molecule has 0 radical (unpaired) electrons. The van der Waals surface area contributed by atoms with Gasteiger partial charge >= 0.3 is 0 Å². The minimum atomic E-state index is -4.61. The van der Waals surface area contributed by atoms with Crippen LogP contribution in [0.1, 0.15) is 49.3 Å². The van der Waals surface area contributed by atoms with E-state index in [2.05, 4.69) is 5.32 Å². The number of aryl methyl sites for hydroxylation is 2. The van der Waals surface area contributed by atoms with Gasteiger partial charge in [-0.2, -0.15) is 0 Å². The highest BCUT2D eigenvalue weighted by molar-refractivity contribution is 7.92. The minimum Gasteiger partial charge on any atom is -0.495 e. The number of nitro groups is 1. The van der Waals surface area contributed by atoms with Crippen LogP contribution < -0.4 is 14.4 Å². The Hall–Kier alpha value is -4.16. The van der Waals surface area contributed by atoms with Crippen LogP contribution in [0.4, 0.5) is 11.4 Å². The molecule has 0 spiro atoms. The van der Waals surface area contributed by atoms with Crippen molar-refractivity contribution in [2.45, 2.75) is 70.0 Å². The molecule has 0 saturated heterocycles. The van der Waals surface area contributed by atoms with E-state index >= 15 is 0 Å². The summed E-state index contributed by atoms with van der Waals surface area (Å²) in [5, 5.41) is 14.9. The van der Waals surface area contributed by atoms with Gasteiger partial charge < -0.3 is 15.0 Å². The van der Waals surface area contributed by atoms with E-state index in [0.717, 1.165) is 47.2 Å². The highest BCUT2D eigenvalue weighted by Crippen LogP contribution is 2.36. The maximum atomic E-state index is 14.2. The number of amides is 2. The van der Waals surface area contributed by atoms with Crippen molar-refractivity contribution in [3.05, 3.63) is 92.5 Å². The molecule has 1 fully saturated rings. The van der Waals surface area contributed by atoms with Gasteiger partial charge in [0.25, 0.3) is 15.7 Å². The number of hydrogen-bond donors (Lipinski definition) is 1. The van der Waals surface area contributed by atoms with Crippen molar-refractivity contribution in [1.82, 2.24) is 10.2 Å². The van der Waals surface area contributed by atoms with Crippen molar-refractivity contribution in [3.63, 3.8) is 0 Å². The Kier molecular flexibility index (Phi) is 10.7. The number of nitrogens with one attached hydrogen (secondary N) is 1. The Morgan fingerprint density at radius 3 is 2.44 bits per heavy atom. The number of nitrogens with zero attached hydrogens (tertiary/aromatic N) is 3. The molecule has 13 heteroatoms. The summed E-state index contributed by atoms with van der Waals surface area (Å²) in [5.74, 6) is -0.903. The molecule has 2 amide bonds. The molecule has 0 bridgehead atoms. The third-order valence-electron chi connectivity index (χ3n) is 7.96. The molecule has 45 heavy (non-hydrogen) atoms. The van der Waals surface area contributed by atoms with E-state index in [1.807, 2.05) is 31.2 Å². The number of nitro benzene ring substituents is 1. The van der Waals surface area contributed by atoms with Crippen LogP contribution in [0.3, 0.4) is 0 Å². The fourth-order valence-electron chi connectivity index (χ4n) is 5.43. The Bertz CT molecular complexity index is 1690. The van der Waals surface area contributed by atoms with Crippen molar-refractivity contribution in [3.8, 4) is 5.75 Å². The summed E-state index contributed by atoms with van der Waals surface area (Å²) in [4.78, 5) is 39.6. The number of sulfonamides is 1. The first kappa shape index (κ1) is 33.7. The highest BCUT2D eigenvalue weighted by atomic mass is 35.5. The first-order valence-electron chi connectivity index (χ1n) is 14.6. The fraction of sp³-hybridized carbons (Fsp3) is 0.375. The summed E-state index contributed by atoms with van der Waals surface area (Å²) >= 11 is 6.28. The zero-order chi connectivity index (χ0) is 32.9. The molecule has 1 atom stereocenters. The van der Waals surface area contributed by atoms with E-state index in [0.29, 0.717) is 0 Å². The maximum Gasteiger partial charge on any atom is 0.273 e. The van der Waals surface area contributed by atoms with E-state index in [1.54, 1.807) is 6.92 Å². The lowest BCUT2D eigenvalue weighted by atomic mass is 10.1. The van der Waals surface area contributed by atoms with Gasteiger partial charge in [0.2, 0.25) is 11.8 Å². The van der Waals surface area contributed by atoms with Gasteiger partial charge in [0.05, 0.1) is 22.6 Å². The first-order chi connectivity index (χ1) is 21.3. The Labute approximate surface area is 268 Å². The summed E-state index contributed by atoms with van der Waals surface area (Å²) in [6.45, 7) is 4.31. The van der Waals surface area contributed by atoms with Crippen LogP contribution in [-0.4, -0.2) is 55.8 Å². The molecule has 0 aromatic heterocycles. The first-order valence-corrected chi connectivity index (χ1v) is 16.4. The van der Waals surface area contributed by atoms with Crippen LogP contribution in [0.25, 0.3) is 0 Å². The second-order valence-corrected chi connectivity index (χ2v) is 13.5. The third kappa shape index (κ3) is 7.93. The van der Waals surface area contributed by atoms with Crippen LogP contribution in [-0.2, 0) is 26.2 Å². The van der Waals surface area contributed by atoms with Gasteiger partial charge in [0.1, 0.15) is 18.3 Å². The van der Waals surface area contributed by atoms with Crippen molar-refractivity contribution >= 4 is 44.8 Å². The van der Waals surface area contributed by atoms with Crippen molar-refractivity contribution in [2.24, 2.45) is 0 Å². The highest BCUT2D eigenvalue weighted by Gasteiger charge is 2.35. The standard InChI is InChI=1S/C32H37ClN4O7S/c1-21-8-7-9-24(16-21)19-35(23(3)32(39)34-26-10-5-6-11-26)31(38)20-36(29-17-25(33)13-15-30(29)44-4)45(42,43)27-14-12-22(2)28(18-27)37(40)41/h7-9,12-18,23,26H,5-6,10-11,19-20H2,1-4H3,(H,34,39). The number of ether oxygens (including phenoxy) is 1. The zero-order valence-corrected chi connectivity index (χ0v) is 27.2. The molecule has 240 valence electrons. The molecule has 1 saturated carbocycles. The average molecular weight is 657 g/mol. The molecule has 1 N–H and O–H groups in total. The lowest BCUT2D eigenvalue weighted by Gasteiger charge is -2.33. The molecule has 0 heterocycles. The maximum absolute atomic E-state index is 14.2. The van der Waals surface area contributed by atoms with E-state index in [9.17, 15) is 28.1 Å². The number of halogens is 1. The molecule has 3 aromatic rings. The van der Waals surface area contributed by atoms with Gasteiger partial charge in [0, 0.05) is 29.2 Å². The monoisotopic (exact) mass is 656 g/mol. The molecule has 1 aliphatic carbocycles. The quantitative estimate of drug-likeness (QED) is 0.199. The van der Waals surface area contributed by atoms with Crippen molar-refractivity contribution < 1.29 is 27.7 Å². The van der Waals surface area contributed by atoms with Crippen LogP contribution in [0.5, 0.6) is 5.75 Å². The lowest BCUT2D eigenvalue weighted by Crippen LogP contribution is -2.52. The number of carbonyl (C=O) groups excluding carboxylic acids is 2. The number of carbonyl (C=O) groups is 2. The Balaban J connectivity index is 1.79.